The van der Waals surface area contributed by atoms with Crippen molar-refractivity contribution in [1.29, 1.82) is 0 Å². The van der Waals surface area contributed by atoms with Gasteiger partial charge < -0.3 is 16.8 Å². The molecular formula is C15H23Cl2N5S. The highest BCUT2D eigenvalue weighted by Gasteiger charge is 2.29. The van der Waals surface area contributed by atoms with E-state index in [2.05, 4.69) is 33.7 Å². The smallest absolute Gasteiger partial charge is 0.222 e. The monoisotopic (exact) mass is 375 g/mol. The molecule has 2 heterocycles. The largest absolute Gasteiger partial charge is 0.370 e. The second-order valence-corrected chi connectivity index (χ2v) is 6.67. The number of hydrogen-bond donors (Lipinski definition) is 3. The summed E-state index contributed by atoms with van der Waals surface area (Å²) in [6.45, 7) is 2.99. The van der Waals surface area contributed by atoms with Crippen molar-refractivity contribution in [2.45, 2.75) is 38.1 Å². The first-order chi connectivity index (χ1) is 10.1. The third-order valence-corrected chi connectivity index (χ3v) is 5.07. The van der Waals surface area contributed by atoms with E-state index in [9.17, 15) is 0 Å². The molecule has 0 radical (unpaired) electrons. The fourth-order valence-corrected chi connectivity index (χ4v) is 3.56. The van der Waals surface area contributed by atoms with E-state index in [0.29, 0.717) is 17.9 Å². The quantitative estimate of drug-likeness (QED) is 0.746. The van der Waals surface area contributed by atoms with Crippen molar-refractivity contribution < 1.29 is 0 Å². The Morgan fingerprint density at radius 2 is 2.04 bits per heavy atom. The van der Waals surface area contributed by atoms with Gasteiger partial charge in [0.25, 0.3) is 0 Å². The second kappa shape index (κ2) is 8.68. The van der Waals surface area contributed by atoms with E-state index in [-0.39, 0.29) is 24.8 Å². The van der Waals surface area contributed by atoms with Crippen molar-refractivity contribution in [2.24, 2.45) is 5.73 Å². The minimum atomic E-state index is 0. The Kier molecular flexibility index (Phi) is 7.54. The molecule has 23 heavy (non-hydrogen) atoms. The number of aryl methyl sites for hydroxylation is 1. The van der Waals surface area contributed by atoms with Crippen LogP contribution in [0, 0.1) is 6.92 Å². The molecule has 0 saturated heterocycles. The van der Waals surface area contributed by atoms with Gasteiger partial charge in [-0.1, -0.05) is 0 Å². The standard InChI is InChI=1S/C15H21N5S.2ClH/c1-9-3-5-21-13(9)2-4-18-14-8-12(19-15(17)20-14)10-6-11(16)7-10;;/h3,5,8,10-11H,2,4,6-7,16H2,1H3,(H3,17,18,19,20);2*1H. The zero-order valence-electron chi connectivity index (χ0n) is 13.0. The maximum Gasteiger partial charge on any atom is 0.222 e. The first-order valence-electron chi connectivity index (χ1n) is 7.28. The SMILES string of the molecule is Cc1ccsc1CCNc1cc(C2CC(N)C2)nc(N)n1.Cl.Cl. The first kappa shape index (κ1) is 20.0. The van der Waals surface area contributed by atoms with Crippen LogP contribution >= 0.6 is 36.2 Å². The molecule has 1 saturated carbocycles. The normalized spacial score (nSPS) is 19.2. The molecule has 0 spiro atoms. The van der Waals surface area contributed by atoms with Gasteiger partial charge in [0.1, 0.15) is 5.82 Å². The maximum absolute atomic E-state index is 5.84. The van der Waals surface area contributed by atoms with E-state index < -0.39 is 0 Å². The van der Waals surface area contributed by atoms with E-state index in [1.54, 1.807) is 11.3 Å². The number of anilines is 2. The zero-order chi connectivity index (χ0) is 14.8. The summed E-state index contributed by atoms with van der Waals surface area (Å²) in [5.74, 6) is 1.58. The lowest BCUT2D eigenvalue weighted by molar-refractivity contribution is 0.345. The molecule has 0 aromatic carbocycles. The Labute approximate surface area is 153 Å². The van der Waals surface area contributed by atoms with Gasteiger partial charge in [0.2, 0.25) is 5.95 Å². The van der Waals surface area contributed by atoms with E-state index in [1.165, 1.54) is 10.4 Å². The van der Waals surface area contributed by atoms with Crippen LogP contribution in [0.4, 0.5) is 11.8 Å². The van der Waals surface area contributed by atoms with Crippen molar-refractivity contribution in [2.75, 3.05) is 17.6 Å². The van der Waals surface area contributed by atoms with Gasteiger partial charge in [-0.3, -0.25) is 0 Å². The molecule has 0 amide bonds. The van der Waals surface area contributed by atoms with Crippen molar-refractivity contribution in [1.82, 2.24) is 9.97 Å². The summed E-state index contributed by atoms with van der Waals surface area (Å²) < 4.78 is 0. The molecule has 1 aliphatic carbocycles. The summed E-state index contributed by atoms with van der Waals surface area (Å²) in [4.78, 5) is 10.0. The van der Waals surface area contributed by atoms with Crippen molar-refractivity contribution in [3.05, 3.63) is 33.6 Å². The third-order valence-electron chi connectivity index (χ3n) is 3.98. The lowest BCUT2D eigenvalue weighted by Gasteiger charge is -2.32. The van der Waals surface area contributed by atoms with E-state index >= 15 is 0 Å². The molecule has 1 aliphatic rings. The number of nitrogens with one attached hydrogen (secondary N) is 1. The molecule has 2 aromatic rings. The van der Waals surface area contributed by atoms with Crippen LogP contribution in [0.2, 0.25) is 0 Å². The Morgan fingerprint density at radius 3 is 2.65 bits per heavy atom. The molecular weight excluding hydrogens is 353 g/mol. The fraction of sp³-hybridized carbons (Fsp3) is 0.467. The lowest BCUT2D eigenvalue weighted by atomic mass is 9.78. The summed E-state index contributed by atoms with van der Waals surface area (Å²) in [5, 5.41) is 5.48. The Morgan fingerprint density at radius 1 is 1.30 bits per heavy atom. The number of rotatable bonds is 5. The van der Waals surface area contributed by atoms with E-state index in [4.69, 9.17) is 11.5 Å². The van der Waals surface area contributed by atoms with Gasteiger partial charge in [-0.2, -0.15) is 4.98 Å². The molecule has 8 heteroatoms. The van der Waals surface area contributed by atoms with Gasteiger partial charge in [0.15, 0.2) is 0 Å². The predicted octanol–water partition coefficient (Wildman–Crippen LogP) is 3.13. The average molecular weight is 376 g/mol. The number of thiophene rings is 1. The van der Waals surface area contributed by atoms with Gasteiger partial charge >= 0.3 is 0 Å². The van der Waals surface area contributed by atoms with Crippen LogP contribution in [-0.2, 0) is 6.42 Å². The molecule has 128 valence electrons. The predicted molar refractivity (Wildman–Crippen MR) is 102 cm³/mol. The minimum Gasteiger partial charge on any atom is -0.370 e. The summed E-state index contributed by atoms with van der Waals surface area (Å²) in [7, 11) is 0. The maximum atomic E-state index is 5.84. The highest BCUT2D eigenvalue weighted by molar-refractivity contribution is 7.10. The number of nitrogens with zero attached hydrogens (tertiary/aromatic N) is 2. The van der Waals surface area contributed by atoms with E-state index in [0.717, 1.165) is 37.3 Å². The van der Waals surface area contributed by atoms with Crippen LogP contribution in [0.15, 0.2) is 17.5 Å². The molecule has 5 N–H and O–H groups in total. The zero-order valence-corrected chi connectivity index (χ0v) is 15.4. The van der Waals surface area contributed by atoms with Gasteiger partial charge in [-0.25, -0.2) is 4.98 Å². The number of halogens is 2. The summed E-state index contributed by atoms with van der Waals surface area (Å²) in [6.07, 6.45) is 2.98. The van der Waals surface area contributed by atoms with Crippen molar-refractivity contribution in [3.8, 4) is 0 Å². The van der Waals surface area contributed by atoms with Crippen LogP contribution < -0.4 is 16.8 Å². The highest BCUT2D eigenvalue weighted by atomic mass is 35.5. The van der Waals surface area contributed by atoms with Crippen molar-refractivity contribution >= 4 is 47.9 Å². The average Bonchev–Trinajstić information content (AvgIpc) is 2.80. The summed E-state index contributed by atoms with van der Waals surface area (Å²) in [6, 6.07) is 4.47. The molecule has 2 aromatic heterocycles. The molecule has 0 atom stereocenters. The van der Waals surface area contributed by atoms with Gasteiger partial charge in [0.05, 0.1) is 5.69 Å². The Bertz CT molecular complexity index is 628. The fourth-order valence-electron chi connectivity index (χ4n) is 2.65. The lowest BCUT2D eigenvalue weighted by Crippen LogP contribution is -2.35. The van der Waals surface area contributed by atoms with Gasteiger partial charge in [-0.05, 0) is 43.2 Å². The van der Waals surface area contributed by atoms with Crippen LogP contribution in [0.5, 0.6) is 0 Å². The third kappa shape index (κ3) is 4.94. The van der Waals surface area contributed by atoms with Crippen LogP contribution in [0.1, 0.15) is 34.9 Å². The second-order valence-electron chi connectivity index (χ2n) is 5.67. The number of nitrogen functional groups attached to an aromatic ring is 1. The molecule has 5 nitrogen and oxygen atoms in total. The number of hydrogen-bond acceptors (Lipinski definition) is 6. The Balaban J connectivity index is 0.00000132. The topological polar surface area (TPSA) is 89.8 Å². The summed E-state index contributed by atoms with van der Waals surface area (Å²) in [5.41, 5.74) is 14.0. The van der Waals surface area contributed by atoms with Crippen LogP contribution in [0.25, 0.3) is 0 Å². The van der Waals surface area contributed by atoms with Crippen molar-refractivity contribution in [3.63, 3.8) is 0 Å². The molecule has 0 unspecified atom stereocenters. The summed E-state index contributed by atoms with van der Waals surface area (Å²) >= 11 is 1.80. The molecule has 1 fully saturated rings. The number of aromatic nitrogens is 2. The minimum absolute atomic E-state index is 0. The van der Waals surface area contributed by atoms with Gasteiger partial charge in [-0.15, -0.1) is 36.2 Å². The van der Waals surface area contributed by atoms with E-state index in [1.807, 2.05) is 6.07 Å². The Hall–Kier alpha value is -1.08. The van der Waals surface area contributed by atoms with Crippen LogP contribution in [0.3, 0.4) is 0 Å². The van der Waals surface area contributed by atoms with Gasteiger partial charge in [0, 0.05) is 29.4 Å². The molecule has 0 bridgehead atoms. The number of nitrogens with two attached hydrogens (primary N) is 2. The van der Waals surface area contributed by atoms with Crippen LogP contribution in [-0.4, -0.2) is 22.6 Å². The first-order valence-corrected chi connectivity index (χ1v) is 8.16. The molecule has 0 aliphatic heterocycles. The molecule has 3 rings (SSSR count). The highest BCUT2D eigenvalue weighted by Crippen LogP contribution is 2.35.